The van der Waals surface area contributed by atoms with Crippen molar-refractivity contribution in [1.82, 2.24) is 0 Å². The number of para-hydroxylation sites is 1. The Balaban J connectivity index is 0.000000321. The van der Waals surface area contributed by atoms with Gasteiger partial charge >= 0.3 is 37.4 Å². The molecular formula is C27H21ClNaO6P. The molecule has 0 aliphatic rings. The van der Waals surface area contributed by atoms with Gasteiger partial charge in [-0.25, -0.2) is 0 Å². The summed E-state index contributed by atoms with van der Waals surface area (Å²) in [6, 6.07) is 30.9. The van der Waals surface area contributed by atoms with E-state index < -0.39 is 7.82 Å². The normalized spacial score (nSPS) is 12.2. The molecule has 2 N–H and O–H groups in total. The molecule has 0 aliphatic heterocycles. The van der Waals surface area contributed by atoms with Gasteiger partial charge in [0.15, 0.2) is 5.78 Å². The van der Waals surface area contributed by atoms with Crippen LogP contribution in [0.15, 0.2) is 109 Å². The van der Waals surface area contributed by atoms with Gasteiger partial charge in [0.1, 0.15) is 11.5 Å². The number of phenolic OH excluding ortho intramolecular Hbond substituents is 1. The third-order valence-electron chi connectivity index (χ3n) is 4.60. The topological polar surface area (TPSA) is 107 Å². The van der Waals surface area contributed by atoms with Crippen LogP contribution in [0.25, 0.3) is 11.6 Å². The maximum atomic E-state index is 13.0. The largest absolute Gasteiger partial charge is 1.00 e. The van der Waals surface area contributed by atoms with Crippen LogP contribution in [0, 0.1) is 0 Å². The molecule has 4 aromatic carbocycles. The molecule has 36 heavy (non-hydrogen) atoms. The van der Waals surface area contributed by atoms with E-state index in [-0.39, 0.29) is 46.8 Å². The van der Waals surface area contributed by atoms with E-state index in [9.17, 15) is 19.4 Å². The average molecular weight is 531 g/mol. The zero-order valence-electron chi connectivity index (χ0n) is 19.3. The van der Waals surface area contributed by atoms with Crippen LogP contribution in [0.3, 0.4) is 0 Å². The average Bonchev–Trinajstić information content (AvgIpc) is 2.84. The van der Waals surface area contributed by atoms with Crippen molar-refractivity contribution in [2.75, 3.05) is 0 Å². The third-order valence-corrected chi connectivity index (χ3v) is 5.30. The van der Waals surface area contributed by atoms with Crippen molar-refractivity contribution in [3.8, 4) is 11.5 Å². The number of Topliss-reactive ketones (excluding diaryl/α,β-unsaturated/α-hetero) is 1. The van der Waals surface area contributed by atoms with Crippen molar-refractivity contribution >= 4 is 36.9 Å². The van der Waals surface area contributed by atoms with Gasteiger partial charge in [-0.15, -0.1) is 0 Å². The Labute approximate surface area is 236 Å². The molecule has 4 rings (SSSR count). The van der Waals surface area contributed by atoms with Crippen LogP contribution in [-0.4, -0.2) is 15.8 Å². The molecule has 6 nitrogen and oxygen atoms in total. The van der Waals surface area contributed by atoms with Crippen molar-refractivity contribution in [3.63, 3.8) is 0 Å². The van der Waals surface area contributed by atoms with Gasteiger partial charge in [0.2, 0.25) is 0 Å². The second-order valence-electron chi connectivity index (χ2n) is 7.22. The van der Waals surface area contributed by atoms with Gasteiger partial charge in [-0.05, 0) is 65.7 Å². The van der Waals surface area contributed by atoms with E-state index in [0.717, 1.165) is 11.1 Å². The van der Waals surface area contributed by atoms with Crippen LogP contribution < -0.4 is 39.0 Å². The van der Waals surface area contributed by atoms with Crippen molar-refractivity contribution in [2.24, 2.45) is 0 Å². The van der Waals surface area contributed by atoms with Gasteiger partial charge in [0.25, 0.3) is 0 Å². The summed E-state index contributed by atoms with van der Waals surface area (Å²) in [6.07, 6.45) is 1.85. The van der Waals surface area contributed by atoms with Gasteiger partial charge in [-0.2, -0.15) is 0 Å². The van der Waals surface area contributed by atoms with Crippen LogP contribution in [0.2, 0.25) is 5.02 Å². The second-order valence-corrected chi connectivity index (χ2v) is 8.78. The number of phosphoric acid groups is 1. The Hall–Kier alpha value is -2.67. The molecule has 0 bridgehead atoms. The van der Waals surface area contributed by atoms with Crippen molar-refractivity contribution in [3.05, 3.63) is 131 Å². The van der Waals surface area contributed by atoms with E-state index in [1.54, 1.807) is 42.5 Å². The Morgan fingerprint density at radius 2 is 1.33 bits per heavy atom. The number of allylic oxidation sites excluding steroid dienone is 1. The molecular weight excluding hydrogens is 510 g/mol. The van der Waals surface area contributed by atoms with Gasteiger partial charge < -0.3 is 19.4 Å². The molecule has 1 unspecified atom stereocenters. The SMILES string of the molecule is O=C(C(=Cc1ccc(Cl)cc1)c1ccccc1)c1ccc(O)cc1.O=P([O-])(O)Oc1ccccc1.[Na+]. The Bertz CT molecular complexity index is 1320. The molecule has 178 valence electrons. The van der Waals surface area contributed by atoms with Crippen molar-refractivity contribution in [1.29, 1.82) is 0 Å². The molecule has 0 aliphatic carbocycles. The van der Waals surface area contributed by atoms with E-state index in [0.29, 0.717) is 16.2 Å². The zero-order valence-corrected chi connectivity index (χ0v) is 23.0. The molecule has 0 fully saturated rings. The summed E-state index contributed by atoms with van der Waals surface area (Å²) < 4.78 is 14.3. The quantitative estimate of drug-likeness (QED) is 0.130. The van der Waals surface area contributed by atoms with Crippen LogP contribution >= 0.6 is 19.4 Å². The first-order valence-corrected chi connectivity index (χ1v) is 12.2. The van der Waals surface area contributed by atoms with E-state index in [1.807, 2.05) is 48.5 Å². The van der Waals surface area contributed by atoms with Crippen molar-refractivity contribution in [2.45, 2.75) is 0 Å². The molecule has 0 radical (unpaired) electrons. The number of benzene rings is 4. The van der Waals surface area contributed by atoms with E-state index >= 15 is 0 Å². The molecule has 9 heteroatoms. The summed E-state index contributed by atoms with van der Waals surface area (Å²) in [5.74, 6) is 0.138. The minimum Gasteiger partial charge on any atom is -0.746 e. The summed E-state index contributed by atoms with van der Waals surface area (Å²) in [6.45, 7) is 0. The predicted molar refractivity (Wildman–Crippen MR) is 135 cm³/mol. The second kappa shape index (κ2) is 14.2. The molecule has 0 saturated carbocycles. The number of ketones is 1. The first-order valence-electron chi connectivity index (χ1n) is 10.4. The van der Waals surface area contributed by atoms with Gasteiger partial charge in [0, 0.05) is 16.2 Å². The first kappa shape index (κ1) is 29.6. The summed E-state index contributed by atoms with van der Waals surface area (Å²) >= 11 is 5.93. The number of aromatic hydroxyl groups is 1. The minimum atomic E-state index is -4.64. The smallest absolute Gasteiger partial charge is 0.746 e. The maximum absolute atomic E-state index is 13.0. The maximum Gasteiger partial charge on any atom is 1.00 e. The number of phenols is 1. The fraction of sp³-hybridized carbons (Fsp3) is 0. The van der Waals surface area contributed by atoms with Crippen LogP contribution in [0.4, 0.5) is 0 Å². The number of phosphoric ester groups is 1. The predicted octanol–water partition coefficient (Wildman–Crippen LogP) is 3.00. The molecule has 0 spiro atoms. The standard InChI is InChI=1S/C21H15ClO2.C6H7O4P.Na/c22-18-10-6-15(7-11-18)14-20(16-4-2-1-3-5-16)21(24)17-8-12-19(23)13-9-17;7-11(8,9)10-6-4-2-1-3-5-6;/h1-14,23H;1-5H,(H2,7,8,9);/q;;+1/p-1. The molecule has 0 amide bonds. The molecule has 0 heterocycles. The number of hydrogen-bond acceptors (Lipinski definition) is 5. The number of carbonyl (C=O) groups excluding carboxylic acids is 1. The summed E-state index contributed by atoms with van der Waals surface area (Å²) in [5, 5.41) is 10.1. The van der Waals surface area contributed by atoms with Gasteiger partial charge in [-0.3, -0.25) is 9.36 Å². The third kappa shape index (κ3) is 9.76. The molecule has 4 aromatic rings. The summed E-state index contributed by atoms with van der Waals surface area (Å²) in [5.41, 5.74) is 2.84. The molecule has 0 saturated heterocycles. The van der Waals surface area contributed by atoms with Crippen LogP contribution in [-0.2, 0) is 4.57 Å². The summed E-state index contributed by atoms with van der Waals surface area (Å²) in [4.78, 5) is 31.4. The fourth-order valence-electron chi connectivity index (χ4n) is 3.01. The minimum absolute atomic E-state index is 0. The zero-order chi connectivity index (χ0) is 25.3. The number of rotatable bonds is 6. The summed E-state index contributed by atoms with van der Waals surface area (Å²) in [7, 11) is -4.64. The van der Waals surface area contributed by atoms with E-state index in [4.69, 9.17) is 16.5 Å². The van der Waals surface area contributed by atoms with Gasteiger partial charge in [-0.1, -0.05) is 72.3 Å². The monoisotopic (exact) mass is 530 g/mol. The van der Waals surface area contributed by atoms with Crippen LogP contribution in [0.1, 0.15) is 21.5 Å². The van der Waals surface area contributed by atoms with Crippen molar-refractivity contribution < 1.29 is 58.3 Å². The number of hydrogen-bond donors (Lipinski definition) is 2. The van der Waals surface area contributed by atoms with E-state index in [1.165, 1.54) is 24.3 Å². The molecule has 1 atom stereocenters. The number of carbonyl (C=O) groups is 1. The Morgan fingerprint density at radius 3 is 1.86 bits per heavy atom. The Kier molecular flexibility index (Phi) is 11.6. The van der Waals surface area contributed by atoms with E-state index in [2.05, 4.69) is 4.52 Å². The van der Waals surface area contributed by atoms with Crippen LogP contribution in [0.5, 0.6) is 11.5 Å². The van der Waals surface area contributed by atoms with Gasteiger partial charge in [0.05, 0.1) is 0 Å². The number of halogens is 1. The fourth-order valence-corrected chi connectivity index (χ4v) is 3.52. The first-order chi connectivity index (χ1) is 16.7. The molecule has 0 aromatic heterocycles. The Morgan fingerprint density at radius 1 is 0.806 bits per heavy atom.